The molecule has 1 aromatic heterocycles. The van der Waals surface area contributed by atoms with Crippen molar-refractivity contribution in [3.05, 3.63) is 23.9 Å². The van der Waals surface area contributed by atoms with E-state index in [0.717, 1.165) is 27.7 Å². The Bertz CT molecular complexity index is 551. The van der Waals surface area contributed by atoms with Crippen LogP contribution in [-0.4, -0.2) is 25.6 Å². The van der Waals surface area contributed by atoms with Crippen LogP contribution in [0.15, 0.2) is 27.6 Å². The van der Waals surface area contributed by atoms with Crippen LogP contribution in [0.2, 0.25) is 0 Å². The third-order valence-corrected chi connectivity index (χ3v) is 3.36. The van der Waals surface area contributed by atoms with Crippen LogP contribution in [0.3, 0.4) is 0 Å². The summed E-state index contributed by atoms with van der Waals surface area (Å²) in [6.07, 6.45) is 2.00. The highest BCUT2D eigenvalue weighted by molar-refractivity contribution is 7.98. The fourth-order valence-corrected chi connectivity index (χ4v) is 2.28. The Balaban J connectivity index is 2.58. The van der Waals surface area contributed by atoms with Gasteiger partial charge in [-0.3, -0.25) is 0 Å². The van der Waals surface area contributed by atoms with Gasteiger partial charge in [-0.2, -0.15) is 0 Å². The molecule has 1 aromatic carbocycles. The third-order valence-electron chi connectivity index (χ3n) is 2.60. The van der Waals surface area contributed by atoms with Gasteiger partial charge >= 0.3 is 0 Å². The van der Waals surface area contributed by atoms with Crippen LogP contribution in [0, 0.1) is 6.92 Å². The SMILES string of the molecule is COc1cc(-c2cc(C)no2)c(OC)cc1SC. The molecule has 2 aromatic rings. The summed E-state index contributed by atoms with van der Waals surface area (Å²) in [6.45, 7) is 1.88. The molecule has 1 heterocycles. The van der Waals surface area contributed by atoms with Gasteiger partial charge in [0, 0.05) is 6.07 Å². The van der Waals surface area contributed by atoms with Crippen LogP contribution < -0.4 is 9.47 Å². The minimum absolute atomic E-state index is 0.676. The number of nitrogens with zero attached hydrogens (tertiary/aromatic N) is 1. The number of thioether (sulfide) groups is 1. The number of ether oxygens (including phenoxy) is 2. The molecule has 5 heteroatoms. The molecule has 0 aliphatic carbocycles. The standard InChI is InChI=1S/C13H15NO3S/c1-8-5-11(17-14-8)9-6-12(16-3)13(18-4)7-10(9)15-2/h5-7H,1-4H3. The normalized spacial score (nSPS) is 10.4. The van der Waals surface area contributed by atoms with E-state index in [1.54, 1.807) is 26.0 Å². The van der Waals surface area contributed by atoms with Crippen LogP contribution in [0.4, 0.5) is 0 Å². The van der Waals surface area contributed by atoms with Gasteiger partial charge in [-0.05, 0) is 25.3 Å². The zero-order valence-electron chi connectivity index (χ0n) is 10.8. The monoisotopic (exact) mass is 265 g/mol. The quantitative estimate of drug-likeness (QED) is 0.793. The average Bonchev–Trinajstić information content (AvgIpc) is 2.83. The highest BCUT2D eigenvalue weighted by Gasteiger charge is 2.15. The lowest BCUT2D eigenvalue weighted by Gasteiger charge is -2.11. The minimum Gasteiger partial charge on any atom is -0.496 e. The first-order valence-electron chi connectivity index (χ1n) is 5.43. The molecule has 0 spiro atoms. The van der Waals surface area contributed by atoms with Gasteiger partial charge in [0.1, 0.15) is 11.5 Å². The van der Waals surface area contributed by atoms with Gasteiger partial charge in [-0.1, -0.05) is 5.16 Å². The molecule has 18 heavy (non-hydrogen) atoms. The van der Waals surface area contributed by atoms with Crippen molar-refractivity contribution in [2.24, 2.45) is 0 Å². The molecule has 0 saturated heterocycles. The fourth-order valence-electron chi connectivity index (χ4n) is 1.71. The summed E-state index contributed by atoms with van der Waals surface area (Å²) in [7, 11) is 3.29. The number of hydrogen-bond donors (Lipinski definition) is 0. The molecule has 0 bridgehead atoms. The lowest BCUT2D eigenvalue weighted by molar-refractivity contribution is 0.390. The number of hydrogen-bond acceptors (Lipinski definition) is 5. The maximum absolute atomic E-state index is 5.39. The molecule has 0 unspecified atom stereocenters. The Morgan fingerprint density at radius 2 is 1.83 bits per heavy atom. The lowest BCUT2D eigenvalue weighted by Crippen LogP contribution is -1.92. The van der Waals surface area contributed by atoms with E-state index in [4.69, 9.17) is 14.0 Å². The molecular formula is C13H15NO3S. The van der Waals surface area contributed by atoms with Crippen LogP contribution in [-0.2, 0) is 0 Å². The highest BCUT2D eigenvalue weighted by Crippen LogP contribution is 2.39. The van der Waals surface area contributed by atoms with E-state index < -0.39 is 0 Å². The summed E-state index contributed by atoms with van der Waals surface area (Å²) >= 11 is 1.61. The maximum atomic E-state index is 5.39. The number of benzene rings is 1. The van der Waals surface area contributed by atoms with Gasteiger partial charge in [-0.25, -0.2) is 0 Å². The Labute approximate surface area is 110 Å². The van der Waals surface area contributed by atoms with Crippen molar-refractivity contribution in [2.75, 3.05) is 20.5 Å². The lowest BCUT2D eigenvalue weighted by atomic mass is 10.1. The first-order valence-corrected chi connectivity index (χ1v) is 6.65. The summed E-state index contributed by atoms with van der Waals surface area (Å²) in [5.41, 5.74) is 1.67. The summed E-state index contributed by atoms with van der Waals surface area (Å²) in [5, 5.41) is 3.89. The van der Waals surface area contributed by atoms with E-state index in [2.05, 4.69) is 5.16 Å². The van der Waals surface area contributed by atoms with Crippen LogP contribution >= 0.6 is 11.8 Å². The zero-order chi connectivity index (χ0) is 13.1. The van der Waals surface area contributed by atoms with Crippen LogP contribution in [0.5, 0.6) is 11.5 Å². The molecule has 0 amide bonds. The van der Waals surface area contributed by atoms with Gasteiger partial charge in [0.2, 0.25) is 0 Å². The summed E-state index contributed by atoms with van der Waals surface area (Å²) in [5.74, 6) is 2.22. The Hall–Kier alpha value is -1.62. The second-order valence-electron chi connectivity index (χ2n) is 3.74. The second kappa shape index (κ2) is 5.35. The zero-order valence-corrected chi connectivity index (χ0v) is 11.6. The van der Waals surface area contributed by atoms with Crippen molar-refractivity contribution in [1.82, 2.24) is 5.16 Å². The van der Waals surface area contributed by atoms with E-state index in [1.807, 2.05) is 31.4 Å². The molecular weight excluding hydrogens is 250 g/mol. The van der Waals surface area contributed by atoms with E-state index in [1.165, 1.54) is 0 Å². The van der Waals surface area contributed by atoms with Crippen molar-refractivity contribution >= 4 is 11.8 Å². The molecule has 0 fully saturated rings. The Morgan fingerprint density at radius 1 is 1.11 bits per heavy atom. The average molecular weight is 265 g/mol. The molecule has 96 valence electrons. The van der Waals surface area contributed by atoms with E-state index in [-0.39, 0.29) is 0 Å². The number of aryl methyl sites for hydroxylation is 1. The van der Waals surface area contributed by atoms with E-state index in [0.29, 0.717) is 5.76 Å². The van der Waals surface area contributed by atoms with E-state index >= 15 is 0 Å². The molecule has 4 nitrogen and oxygen atoms in total. The minimum atomic E-state index is 0.676. The molecule has 0 aliphatic heterocycles. The smallest absolute Gasteiger partial charge is 0.170 e. The van der Waals surface area contributed by atoms with Crippen molar-refractivity contribution in [3.63, 3.8) is 0 Å². The van der Waals surface area contributed by atoms with Gasteiger partial charge in [0.15, 0.2) is 5.76 Å². The number of rotatable bonds is 4. The molecule has 0 atom stereocenters. The Kier molecular flexibility index (Phi) is 3.81. The molecule has 2 rings (SSSR count). The summed E-state index contributed by atoms with van der Waals surface area (Å²) < 4.78 is 16.0. The second-order valence-corrected chi connectivity index (χ2v) is 4.59. The van der Waals surface area contributed by atoms with Gasteiger partial charge in [-0.15, -0.1) is 11.8 Å². The van der Waals surface area contributed by atoms with Crippen molar-refractivity contribution in [3.8, 4) is 22.8 Å². The topological polar surface area (TPSA) is 44.5 Å². The molecule has 0 saturated carbocycles. The maximum Gasteiger partial charge on any atom is 0.170 e. The predicted molar refractivity (Wildman–Crippen MR) is 71.6 cm³/mol. The van der Waals surface area contributed by atoms with Gasteiger partial charge < -0.3 is 14.0 Å². The van der Waals surface area contributed by atoms with E-state index in [9.17, 15) is 0 Å². The molecule has 0 aliphatic rings. The predicted octanol–water partition coefficient (Wildman–Crippen LogP) is 3.39. The molecule has 0 radical (unpaired) electrons. The van der Waals surface area contributed by atoms with Crippen molar-refractivity contribution in [2.45, 2.75) is 11.8 Å². The summed E-state index contributed by atoms with van der Waals surface area (Å²) in [6, 6.07) is 5.72. The van der Waals surface area contributed by atoms with Crippen LogP contribution in [0.25, 0.3) is 11.3 Å². The highest BCUT2D eigenvalue weighted by atomic mass is 32.2. The Morgan fingerprint density at radius 3 is 2.33 bits per heavy atom. The first kappa shape index (κ1) is 12.8. The fraction of sp³-hybridized carbons (Fsp3) is 0.308. The first-order chi connectivity index (χ1) is 8.69. The van der Waals surface area contributed by atoms with Crippen molar-refractivity contribution < 1.29 is 14.0 Å². The van der Waals surface area contributed by atoms with Gasteiger partial charge in [0.05, 0.1) is 30.4 Å². The van der Waals surface area contributed by atoms with Crippen molar-refractivity contribution in [1.29, 1.82) is 0 Å². The summed E-state index contributed by atoms with van der Waals surface area (Å²) in [4.78, 5) is 1.02. The largest absolute Gasteiger partial charge is 0.496 e. The number of methoxy groups -OCH3 is 2. The molecule has 0 N–H and O–H groups in total. The third kappa shape index (κ3) is 2.31. The van der Waals surface area contributed by atoms with Crippen LogP contribution in [0.1, 0.15) is 5.69 Å². The van der Waals surface area contributed by atoms with Gasteiger partial charge in [0.25, 0.3) is 0 Å². The number of aromatic nitrogens is 1.